The summed E-state index contributed by atoms with van der Waals surface area (Å²) in [5.74, 6) is -0.320. The van der Waals surface area contributed by atoms with Gasteiger partial charge in [-0.05, 0) is 41.5 Å². The monoisotopic (exact) mass is 359 g/mol. The molecule has 1 heterocycles. The Bertz CT molecular complexity index is 1010. The Morgan fingerprint density at radius 3 is 2.85 bits per heavy atom. The Kier molecular flexibility index (Phi) is 4.14. The van der Waals surface area contributed by atoms with Crippen LogP contribution in [0.5, 0.6) is 5.75 Å². The molecule has 134 valence electrons. The molecule has 7 heteroatoms. The second-order valence-electron chi connectivity index (χ2n) is 6.36. The molecule has 0 N–H and O–H groups in total. The van der Waals surface area contributed by atoms with Crippen LogP contribution in [0.15, 0.2) is 34.9 Å². The molecule has 1 fully saturated rings. The molecule has 0 bridgehead atoms. The smallest absolute Gasteiger partial charge is 0.272 e. The number of hydrogen-bond donors (Lipinski definition) is 0. The van der Waals surface area contributed by atoms with E-state index in [0.717, 1.165) is 16.2 Å². The number of alkyl halides is 2. The molecule has 1 aromatic heterocycles. The van der Waals surface area contributed by atoms with Crippen LogP contribution in [0.4, 0.5) is 8.78 Å². The lowest BCUT2D eigenvalue weighted by atomic mass is 9.83. The molecule has 26 heavy (non-hydrogen) atoms. The minimum Gasteiger partial charge on any atom is -0.488 e. The maximum atomic E-state index is 12.3. The molecule has 1 atom stereocenters. The predicted octanol–water partition coefficient (Wildman–Crippen LogP) is 4.03. The van der Waals surface area contributed by atoms with Crippen molar-refractivity contribution in [3.05, 3.63) is 36.0 Å². The van der Waals surface area contributed by atoms with Crippen molar-refractivity contribution in [1.82, 2.24) is 5.16 Å². The largest absolute Gasteiger partial charge is 0.488 e. The molecule has 5 nitrogen and oxygen atoms in total. The minimum absolute atomic E-state index is 0.0512. The van der Waals surface area contributed by atoms with Crippen molar-refractivity contribution in [1.29, 1.82) is 0 Å². The fraction of sp³-hybridized carbons (Fsp3) is 0.316. The van der Waals surface area contributed by atoms with Crippen LogP contribution in [0.2, 0.25) is 0 Å². The topological polar surface area (TPSA) is 69.4 Å². The van der Waals surface area contributed by atoms with Gasteiger partial charge in [0.05, 0.1) is 17.7 Å². The van der Waals surface area contributed by atoms with Gasteiger partial charge in [-0.2, -0.15) is 0 Å². The molecule has 2 aromatic carbocycles. The fourth-order valence-electron chi connectivity index (χ4n) is 3.42. The number of benzene rings is 2. The first-order valence-corrected chi connectivity index (χ1v) is 8.30. The van der Waals surface area contributed by atoms with Gasteiger partial charge in [-0.1, -0.05) is 11.2 Å². The van der Waals surface area contributed by atoms with Crippen LogP contribution in [-0.4, -0.2) is 29.8 Å². The van der Waals surface area contributed by atoms with E-state index in [0.29, 0.717) is 29.9 Å². The third-order valence-corrected chi connectivity index (χ3v) is 4.63. The van der Waals surface area contributed by atoms with E-state index in [1.165, 1.54) is 0 Å². The Labute approximate surface area is 146 Å². The summed E-state index contributed by atoms with van der Waals surface area (Å²) in [6.07, 6.45) is -1.85. The van der Waals surface area contributed by atoms with Crippen molar-refractivity contribution in [2.75, 3.05) is 6.61 Å². The summed E-state index contributed by atoms with van der Waals surface area (Å²) in [6.45, 7) is -0.670. The zero-order valence-electron chi connectivity index (χ0n) is 13.7. The van der Waals surface area contributed by atoms with Crippen molar-refractivity contribution in [3.8, 4) is 5.75 Å². The molecule has 0 spiro atoms. The van der Waals surface area contributed by atoms with Gasteiger partial charge in [0.15, 0.2) is 5.58 Å². The van der Waals surface area contributed by atoms with Crippen molar-refractivity contribution in [2.45, 2.75) is 31.6 Å². The fourth-order valence-corrected chi connectivity index (χ4v) is 3.42. The van der Waals surface area contributed by atoms with E-state index in [1.807, 2.05) is 0 Å². The first-order valence-electron chi connectivity index (χ1n) is 8.30. The predicted molar refractivity (Wildman–Crippen MR) is 89.6 cm³/mol. The molecule has 1 aliphatic rings. The maximum Gasteiger partial charge on any atom is 0.272 e. The van der Waals surface area contributed by atoms with E-state index >= 15 is 0 Å². The van der Waals surface area contributed by atoms with Crippen LogP contribution in [0.3, 0.4) is 0 Å². The lowest BCUT2D eigenvalue weighted by molar-refractivity contribution is -0.130. The molecular weight excluding hydrogens is 344 g/mol. The Balaban J connectivity index is 1.78. The highest BCUT2D eigenvalue weighted by atomic mass is 19.3. The van der Waals surface area contributed by atoms with Crippen molar-refractivity contribution < 1.29 is 27.6 Å². The third-order valence-electron chi connectivity index (χ3n) is 4.63. The highest BCUT2D eigenvalue weighted by molar-refractivity contribution is 6.11. The molecule has 1 saturated carbocycles. The quantitative estimate of drug-likeness (QED) is 0.658. The number of nitrogens with zero attached hydrogens (tertiary/aromatic N) is 1. The Morgan fingerprint density at radius 1 is 1.23 bits per heavy atom. The number of carbonyl (C=O) groups excluding carboxylic acids is 2. The summed E-state index contributed by atoms with van der Waals surface area (Å²) in [4.78, 5) is 23.8. The van der Waals surface area contributed by atoms with Crippen LogP contribution >= 0.6 is 0 Å². The number of aromatic nitrogens is 1. The normalized spacial score (nSPS) is 18.2. The van der Waals surface area contributed by atoms with Gasteiger partial charge in [0.2, 0.25) is 0 Å². The number of halogens is 2. The van der Waals surface area contributed by atoms with E-state index in [-0.39, 0.29) is 18.0 Å². The average molecular weight is 359 g/mol. The summed E-state index contributed by atoms with van der Waals surface area (Å²) in [5.41, 5.74) is 1.07. The maximum absolute atomic E-state index is 12.3. The van der Waals surface area contributed by atoms with Gasteiger partial charge >= 0.3 is 0 Å². The number of fused-ring (bicyclic) bond motifs is 3. The molecule has 0 amide bonds. The van der Waals surface area contributed by atoms with Gasteiger partial charge in [-0.3, -0.25) is 9.59 Å². The SMILES string of the molecule is O=C1CC[C@@H](c2noc3ccc4cc(OCC(F)F)ccc4c23)C(=O)C1. The molecule has 1 aliphatic carbocycles. The average Bonchev–Trinajstić information content (AvgIpc) is 3.04. The van der Waals surface area contributed by atoms with Crippen LogP contribution in [0.25, 0.3) is 21.7 Å². The number of Topliss-reactive ketones (excluding diaryl/α,β-unsaturated/α-hetero) is 2. The molecular formula is C19H15F2NO4. The van der Waals surface area contributed by atoms with Gasteiger partial charge in [-0.15, -0.1) is 0 Å². The zero-order chi connectivity index (χ0) is 18.3. The van der Waals surface area contributed by atoms with E-state index < -0.39 is 19.0 Å². The molecule has 0 aliphatic heterocycles. The van der Waals surface area contributed by atoms with E-state index in [9.17, 15) is 18.4 Å². The van der Waals surface area contributed by atoms with Gasteiger partial charge in [0.1, 0.15) is 29.6 Å². The standard InChI is InChI=1S/C19H15F2NO4/c20-17(21)9-25-12-3-5-13-10(7-12)1-6-16-18(13)19(22-26-16)14-4-2-11(23)8-15(14)24/h1,3,5-7,14,17H,2,4,8-9H2/t14-/m1/s1. The van der Waals surface area contributed by atoms with E-state index in [2.05, 4.69) is 5.16 Å². The van der Waals surface area contributed by atoms with Gasteiger partial charge in [-0.25, -0.2) is 8.78 Å². The number of hydrogen-bond acceptors (Lipinski definition) is 5. The highest BCUT2D eigenvalue weighted by Crippen LogP contribution is 2.37. The third kappa shape index (κ3) is 2.94. The van der Waals surface area contributed by atoms with Crippen molar-refractivity contribution in [3.63, 3.8) is 0 Å². The Morgan fingerprint density at radius 2 is 2.08 bits per heavy atom. The molecule has 0 radical (unpaired) electrons. The lowest BCUT2D eigenvalue weighted by Gasteiger charge is -2.18. The second kappa shape index (κ2) is 6.48. The molecule has 0 unspecified atom stereocenters. The highest BCUT2D eigenvalue weighted by Gasteiger charge is 2.32. The molecule has 0 saturated heterocycles. The number of carbonyl (C=O) groups is 2. The summed E-state index contributed by atoms with van der Waals surface area (Å²) in [5, 5.41) is 6.38. The van der Waals surface area contributed by atoms with Crippen LogP contribution in [0, 0.1) is 0 Å². The van der Waals surface area contributed by atoms with Gasteiger partial charge in [0, 0.05) is 6.42 Å². The second-order valence-corrected chi connectivity index (χ2v) is 6.36. The first-order chi connectivity index (χ1) is 12.5. The first kappa shape index (κ1) is 16.6. The van der Waals surface area contributed by atoms with Gasteiger partial charge in [0.25, 0.3) is 6.43 Å². The van der Waals surface area contributed by atoms with E-state index in [1.54, 1.807) is 30.3 Å². The number of rotatable bonds is 4. The van der Waals surface area contributed by atoms with Crippen LogP contribution in [0.1, 0.15) is 30.9 Å². The van der Waals surface area contributed by atoms with E-state index in [4.69, 9.17) is 9.26 Å². The van der Waals surface area contributed by atoms with Gasteiger partial charge < -0.3 is 9.26 Å². The van der Waals surface area contributed by atoms with Crippen LogP contribution in [-0.2, 0) is 9.59 Å². The minimum atomic E-state index is -2.54. The summed E-state index contributed by atoms with van der Waals surface area (Å²) in [7, 11) is 0. The molecule has 4 rings (SSSR count). The van der Waals surface area contributed by atoms with Crippen molar-refractivity contribution in [2.24, 2.45) is 0 Å². The van der Waals surface area contributed by atoms with Crippen LogP contribution < -0.4 is 4.74 Å². The molecule has 3 aromatic rings. The Hall–Kier alpha value is -2.83. The number of ketones is 2. The lowest BCUT2D eigenvalue weighted by Crippen LogP contribution is -2.23. The summed E-state index contributed by atoms with van der Waals surface area (Å²) in [6, 6.07) is 8.53. The summed E-state index contributed by atoms with van der Waals surface area (Å²) < 4.78 is 35.1. The van der Waals surface area contributed by atoms with Crippen molar-refractivity contribution >= 4 is 33.3 Å². The zero-order valence-corrected chi connectivity index (χ0v) is 13.7. The summed E-state index contributed by atoms with van der Waals surface area (Å²) >= 11 is 0. The number of ether oxygens (including phenoxy) is 1.